The molecule has 0 aliphatic carbocycles. The maximum atomic E-state index is 10.9. The van der Waals surface area contributed by atoms with Crippen LogP contribution in [0, 0.1) is 12.8 Å². The summed E-state index contributed by atoms with van der Waals surface area (Å²) in [4.78, 5) is 37.2. The average molecular weight is 568 g/mol. The van der Waals surface area contributed by atoms with Gasteiger partial charge < -0.3 is 19.8 Å². The minimum Gasteiger partial charge on any atom is -0.477 e. The molecule has 3 aliphatic heterocycles. The second-order valence-electron chi connectivity index (χ2n) is 12.0. The predicted octanol–water partition coefficient (Wildman–Crippen LogP) is 3.94. The molecule has 3 aliphatic rings. The van der Waals surface area contributed by atoms with Crippen LogP contribution in [0.25, 0.3) is 5.65 Å². The van der Waals surface area contributed by atoms with Gasteiger partial charge in [-0.25, -0.2) is 19.3 Å². The number of pyridine rings is 2. The lowest BCUT2D eigenvalue weighted by Crippen LogP contribution is -2.62. The molecule has 0 radical (unpaired) electrons. The van der Waals surface area contributed by atoms with Gasteiger partial charge >= 0.3 is 5.97 Å². The predicted molar refractivity (Wildman–Crippen MR) is 162 cm³/mol. The van der Waals surface area contributed by atoms with Crippen molar-refractivity contribution in [2.45, 2.75) is 38.1 Å². The van der Waals surface area contributed by atoms with E-state index in [1.54, 1.807) is 10.6 Å². The van der Waals surface area contributed by atoms with Crippen molar-refractivity contribution in [3.63, 3.8) is 0 Å². The normalized spacial score (nSPS) is 23.6. The Morgan fingerprint density at radius 1 is 1.05 bits per heavy atom. The first-order chi connectivity index (χ1) is 20.2. The average Bonchev–Trinajstić information content (AvgIpc) is 3.62. The van der Waals surface area contributed by atoms with Crippen molar-refractivity contribution in [1.82, 2.24) is 24.5 Å². The van der Waals surface area contributed by atoms with Crippen molar-refractivity contribution in [2.24, 2.45) is 5.92 Å². The molecule has 10 nitrogen and oxygen atoms in total. The van der Waals surface area contributed by atoms with E-state index in [2.05, 4.69) is 80.1 Å². The summed E-state index contributed by atoms with van der Waals surface area (Å²) in [5.41, 5.74) is 4.56. The number of fused-ring (bicyclic) bond motifs is 2. The van der Waals surface area contributed by atoms with Gasteiger partial charge in [-0.05, 0) is 62.1 Å². The van der Waals surface area contributed by atoms with Gasteiger partial charge in [-0.3, -0.25) is 4.79 Å². The Balaban J connectivity index is 0.000000157. The Morgan fingerprint density at radius 3 is 2.60 bits per heavy atom. The summed E-state index contributed by atoms with van der Waals surface area (Å²) in [6, 6.07) is 18.6. The quantitative estimate of drug-likeness (QED) is 0.359. The van der Waals surface area contributed by atoms with Crippen molar-refractivity contribution in [3.05, 3.63) is 83.4 Å². The van der Waals surface area contributed by atoms with E-state index >= 15 is 0 Å². The van der Waals surface area contributed by atoms with E-state index in [0.717, 1.165) is 61.2 Å². The SMILES string of the molecule is CN1CC2CCN(c3cccc(C(=O)O)n3)CC21.Cc1cc(N2CC[C@](C)(c3ccccc3)C2)cn2nc(C=O)nc12. The van der Waals surface area contributed by atoms with Gasteiger partial charge in [-0.2, -0.15) is 0 Å². The van der Waals surface area contributed by atoms with Crippen molar-refractivity contribution in [1.29, 1.82) is 0 Å². The van der Waals surface area contributed by atoms with Gasteiger partial charge in [0.25, 0.3) is 0 Å². The second-order valence-corrected chi connectivity index (χ2v) is 12.0. The van der Waals surface area contributed by atoms with Gasteiger partial charge in [0.2, 0.25) is 5.82 Å². The fourth-order valence-electron chi connectivity index (χ4n) is 6.61. The largest absolute Gasteiger partial charge is 0.477 e. The Hall–Kier alpha value is -4.31. The van der Waals surface area contributed by atoms with E-state index in [-0.39, 0.29) is 16.9 Å². The molecule has 218 valence electrons. The molecular formula is C32H37N7O3. The number of aryl methyl sites for hydroxylation is 1. The van der Waals surface area contributed by atoms with E-state index < -0.39 is 5.97 Å². The van der Waals surface area contributed by atoms with E-state index in [1.807, 2.05) is 19.2 Å². The zero-order valence-electron chi connectivity index (χ0n) is 24.3. The first-order valence-corrected chi connectivity index (χ1v) is 14.5. The standard InChI is InChI=1S/C19H20N4O.C13H17N3O2/c1-14-10-16(11-23-18(14)20-17(12-24)21-23)22-9-8-19(2,13-22)15-6-4-3-5-7-15;1-15-7-9-5-6-16(8-11(9)15)12-4-2-3-10(14-12)13(17)18/h3-7,10-12H,8-9,13H2,1-2H3;2-4,9,11H,5-8H2,1H3,(H,17,18)/t19-;/m0./s1. The summed E-state index contributed by atoms with van der Waals surface area (Å²) in [5.74, 6) is 0.862. The minimum absolute atomic E-state index is 0.122. The van der Waals surface area contributed by atoms with Crippen LogP contribution >= 0.6 is 0 Å². The number of carbonyl (C=O) groups excluding carboxylic acids is 1. The molecular weight excluding hydrogens is 530 g/mol. The number of hydrogen-bond acceptors (Lipinski definition) is 8. The fraction of sp³-hybridized carbons (Fsp3) is 0.406. The number of carboxylic acid groups (broad SMARTS) is 1. The molecule has 42 heavy (non-hydrogen) atoms. The van der Waals surface area contributed by atoms with Gasteiger partial charge in [0.05, 0.1) is 11.9 Å². The smallest absolute Gasteiger partial charge is 0.354 e. The fourth-order valence-corrected chi connectivity index (χ4v) is 6.61. The summed E-state index contributed by atoms with van der Waals surface area (Å²) in [7, 11) is 2.14. The molecule has 2 unspecified atom stereocenters. The highest BCUT2D eigenvalue weighted by Gasteiger charge is 2.40. The number of carbonyl (C=O) groups is 2. The number of likely N-dealkylation sites (tertiary alicyclic amines) is 1. The van der Waals surface area contributed by atoms with Crippen LogP contribution in [0.15, 0.2) is 60.8 Å². The van der Waals surface area contributed by atoms with Crippen molar-refractivity contribution in [2.75, 3.05) is 49.6 Å². The first kappa shape index (κ1) is 27.8. The third kappa shape index (κ3) is 5.34. The summed E-state index contributed by atoms with van der Waals surface area (Å²) in [6.07, 6.45) is 4.95. The second kappa shape index (κ2) is 11.2. The zero-order chi connectivity index (χ0) is 29.4. The number of piperidine rings is 1. The number of nitrogens with zero attached hydrogens (tertiary/aromatic N) is 7. The highest BCUT2D eigenvalue weighted by atomic mass is 16.4. The zero-order valence-corrected chi connectivity index (χ0v) is 24.3. The first-order valence-electron chi connectivity index (χ1n) is 14.5. The molecule has 10 heteroatoms. The van der Waals surface area contributed by atoms with Crippen LogP contribution in [0.2, 0.25) is 0 Å². The molecule has 3 atom stereocenters. The van der Waals surface area contributed by atoms with Gasteiger partial charge in [0.1, 0.15) is 5.82 Å². The number of anilines is 2. The number of aromatic carboxylic acids is 1. The third-order valence-corrected chi connectivity index (χ3v) is 9.12. The minimum atomic E-state index is -0.965. The van der Waals surface area contributed by atoms with Crippen molar-refractivity contribution < 1.29 is 14.7 Å². The monoisotopic (exact) mass is 567 g/mol. The van der Waals surface area contributed by atoms with Gasteiger partial charge in [-0.15, -0.1) is 5.10 Å². The van der Waals surface area contributed by atoms with Crippen LogP contribution in [0.4, 0.5) is 11.5 Å². The number of hydrogen-bond donors (Lipinski definition) is 1. The Bertz CT molecular complexity index is 1610. The van der Waals surface area contributed by atoms with Crippen molar-refractivity contribution in [3.8, 4) is 0 Å². The van der Waals surface area contributed by atoms with Gasteiger partial charge in [0.15, 0.2) is 17.6 Å². The molecule has 6 heterocycles. The molecule has 3 saturated heterocycles. The molecule has 1 aromatic carbocycles. The van der Waals surface area contributed by atoms with E-state index in [4.69, 9.17) is 5.11 Å². The maximum Gasteiger partial charge on any atom is 0.354 e. The lowest BCUT2D eigenvalue weighted by atomic mass is 9.82. The molecule has 1 N–H and O–H groups in total. The molecule has 0 spiro atoms. The third-order valence-electron chi connectivity index (χ3n) is 9.12. The lowest BCUT2D eigenvalue weighted by Gasteiger charge is -2.52. The topological polar surface area (TPSA) is 107 Å². The Morgan fingerprint density at radius 2 is 1.86 bits per heavy atom. The number of likely N-dealkylation sites (N-methyl/N-ethyl adjacent to an activating group) is 1. The highest BCUT2D eigenvalue weighted by molar-refractivity contribution is 5.85. The van der Waals surface area contributed by atoms with E-state index in [9.17, 15) is 9.59 Å². The molecule has 4 aromatic rings. The van der Waals surface area contributed by atoms with E-state index in [1.165, 1.54) is 24.6 Å². The highest BCUT2D eigenvalue weighted by Crippen LogP contribution is 2.37. The van der Waals surface area contributed by atoms with Gasteiger partial charge in [-0.1, -0.05) is 43.3 Å². The number of benzene rings is 1. The van der Waals surface area contributed by atoms with Crippen LogP contribution in [0.5, 0.6) is 0 Å². The van der Waals surface area contributed by atoms with Crippen LogP contribution in [0.3, 0.4) is 0 Å². The van der Waals surface area contributed by atoms with Crippen molar-refractivity contribution >= 4 is 29.4 Å². The van der Waals surface area contributed by atoms with Crippen LogP contribution in [-0.4, -0.2) is 87.7 Å². The molecule has 7 rings (SSSR count). The number of rotatable bonds is 5. The molecule has 3 aromatic heterocycles. The molecule has 0 amide bonds. The summed E-state index contributed by atoms with van der Waals surface area (Å²) < 4.78 is 1.71. The number of carboxylic acids is 1. The maximum absolute atomic E-state index is 10.9. The molecule has 0 bridgehead atoms. The van der Waals surface area contributed by atoms with E-state index in [0.29, 0.717) is 12.3 Å². The molecule has 0 saturated carbocycles. The van der Waals surface area contributed by atoms with Gasteiger partial charge in [0, 0.05) is 44.2 Å². The number of aldehydes is 1. The summed E-state index contributed by atoms with van der Waals surface area (Å²) >= 11 is 0. The van der Waals surface area contributed by atoms with Crippen LogP contribution < -0.4 is 9.80 Å². The Labute approximate surface area is 245 Å². The Kier molecular flexibility index (Phi) is 7.40. The number of aromatic nitrogens is 4. The summed E-state index contributed by atoms with van der Waals surface area (Å²) in [5, 5.41) is 13.2. The lowest BCUT2D eigenvalue weighted by molar-refractivity contribution is 0.0278. The van der Waals surface area contributed by atoms with Crippen LogP contribution in [0.1, 0.15) is 52.0 Å². The van der Waals surface area contributed by atoms with Crippen LogP contribution in [-0.2, 0) is 5.41 Å². The summed E-state index contributed by atoms with van der Waals surface area (Å²) in [6.45, 7) is 9.44. The molecule has 3 fully saturated rings.